The van der Waals surface area contributed by atoms with Crippen molar-refractivity contribution in [3.63, 3.8) is 0 Å². The highest BCUT2D eigenvalue weighted by Crippen LogP contribution is 2.30. The van der Waals surface area contributed by atoms with Crippen molar-refractivity contribution >= 4 is 11.5 Å². The number of nitriles is 1. The fourth-order valence-electron chi connectivity index (χ4n) is 2.24. The molecule has 0 spiro atoms. The molecule has 0 N–H and O–H groups in total. The summed E-state index contributed by atoms with van der Waals surface area (Å²) in [5, 5.41) is 9.30. The van der Waals surface area contributed by atoms with Crippen LogP contribution in [0.15, 0.2) is 30.3 Å². The van der Waals surface area contributed by atoms with E-state index in [0.717, 1.165) is 28.3 Å². The van der Waals surface area contributed by atoms with Gasteiger partial charge in [0.1, 0.15) is 0 Å². The standard InChI is InChI=1S/C17H20N4/c1-12-6-7-13(11-18)14(10-12)15-8-9-16(20(2)3)17(19-15)21(4)5/h6-10H,1-5H3. The molecule has 1 aromatic carbocycles. The molecule has 4 heteroatoms. The number of hydrogen-bond donors (Lipinski definition) is 0. The summed E-state index contributed by atoms with van der Waals surface area (Å²) in [6, 6.07) is 12.1. The first-order chi connectivity index (χ1) is 9.93. The second-order valence-electron chi connectivity index (χ2n) is 5.49. The topological polar surface area (TPSA) is 43.2 Å². The summed E-state index contributed by atoms with van der Waals surface area (Å²) in [6.45, 7) is 2.02. The lowest BCUT2D eigenvalue weighted by Gasteiger charge is -2.22. The van der Waals surface area contributed by atoms with E-state index in [0.29, 0.717) is 5.56 Å². The van der Waals surface area contributed by atoms with Gasteiger partial charge in [-0.3, -0.25) is 0 Å². The maximum atomic E-state index is 9.30. The molecule has 0 aliphatic heterocycles. The number of nitrogens with zero attached hydrogens (tertiary/aromatic N) is 4. The van der Waals surface area contributed by atoms with Crippen LogP contribution in [0, 0.1) is 18.3 Å². The third-order valence-electron chi connectivity index (χ3n) is 3.33. The molecule has 1 heterocycles. The zero-order chi connectivity index (χ0) is 15.6. The van der Waals surface area contributed by atoms with Gasteiger partial charge in [0, 0.05) is 33.8 Å². The van der Waals surface area contributed by atoms with Gasteiger partial charge in [-0.05, 0) is 31.2 Å². The second-order valence-corrected chi connectivity index (χ2v) is 5.49. The maximum absolute atomic E-state index is 9.30. The molecule has 0 bridgehead atoms. The van der Waals surface area contributed by atoms with Gasteiger partial charge >= 0.3 is 0 Å². The Labute approximate surface area is 126 Å². The van der Waals surface area contributed by atoms with Crippen molar-refractivity contribution in [3.8, 4) is 17.3 Å². The van der Waals surface area contributed by atoms with Crippen LogP contribution in [-0.2, 0) is 0 Å². The molecule has 108 valence electrons. The largest absolute Gasteiger partial charge is 0.375 e. The molecule has 4 nitrogen and oxygen atoms in total. The van der Waals surface area contributed by atoms with Gasteiger partial charge in [0.15, 0.2) is 5.82 Å². The van der Waals surface area contributed by atoms with Gasteiger partial charge in [-0.15, -0.1) is 0 Å². The Morgan fingerprint density at radius 3 is 2.29 bits per heavy atom. The number of hydrogen-bond acceptors (Lipinski definition) is 4. The highest BCUT2D eigenvalue weighted by molar-refractivity contribution is 5.75. The average molecular weight is 280 g/mol. The molecule has 0 radical (unpaired) electrons. The Hall–Kier alpha value is -2.54. The third kappa shape index (κ3) is 2.97. The first kappa shape index (κ1) is 14.9. The van der Waals surface area contributed by atoms with E-state index in [9.17, 15) is 5.26 Å². The Bertz CT molecular complexity index is 696. The summed E-state index contributed by atoms with van der Waals surface area (Å²) in [7, 11) is 7.94. The minimum atomic E-state index is 0.649. The van der Waals surface area contributed by atoms with Crippen LogP contribution in [0.3, 0.4) is 0 Å². The van der Waals surface area contributed by atoms with Crippen LogP contribution >= 0.6 is 0 Å². The number of rotatable bonds is 3. The molecule has 0 saturated heterocycles. The maximum Gasteiger partial charge on any atom is 0.152 e. The van der Waals surface area contributed by atoms with E-state index >= 15 is 0 Å². The SMILES string of the molecule is Cc1ccc(C#N)c(-c2ccc(N(C)C)c(N(C)C)n2)c1. The van der Waals surface area contributed by atoms with Gasteiger partial charge in [0.2, 0.25) is 0 Å². The molecule has 0 unspecified atom stereocenters. The van der Waals surface area contributed by atoms with Crippen molar-refractivity contribution in [2.24, 2.45) is 0 Å². The number of aryl methyl sites for hydroxylation is 1. The van der Waals surface area contributed by atoms with Gasteiger partial charge in [-0.25, -0.2) is 4.98 Å². The second kappa shape index (κ2) is 5.84. The molecule has 2 aromatic rings. The van der Waals surface area contributed by atoms with Gasteiger partial charge < -0.3 is 9.80 Å². The summed E-state index contributed by atoms with van der Waals surface area (Å²) in [5.41, 5.74) is 4.52. The fraction of sp³-hybridized carbons (Fsp3) is 0.294. The molecule has 0 saturated carbocycles. The fourth-order valence-corrected chi connectivity index (χ4v) is 2.24. The minimum absolute atomic E-state index is 0.649. The van der Waals surface area contributed by atoms with Crippen LogP contribution in [0.4, 0.5) is 11.5 Å². The summed E-state index contributed by atoms with van der Waals surface area (Å²) in [5.74, 6) is 0.892. The Kier molecular flexibility index (Phi) is 4.13. The molecule has 0 amide bonds. The lowest BCUT2D eigenvalue weighted by atomic mass is 10.0. The van der Waals surface area contributed by atoms with Gasteiger partial charge in [-0.2, -0.15) is 5.26 Å². The first-order valence-corrected chi connectivity index (χ1v) is 6.81. The van der Waals surface area contributed by atoms with Crippen LogP contribution in [0.25, 0.3) is 11.3 Å². The number of pyridine rings is 1. The van der Waals surface area contributed by atoms with Crippen molar-refractivity contribution in [1.29, 1.82) is 5.26 Å². The molecule has 0 fully saturated rings. The van der Waals surface area contributed by atoms with E-state index < -0.39 is 0 Å². The van der Waals surface area contributed by atoms with Crippen LogP contribution < -0.4 is 9.80 Å². The Morgan fingerprint density at radius 1 is 1.00 bits per heavy atom. The van der Waals surface area contributed by atoms with E-state index in [1.807, 2.05) is 75.2 Å². The Morgan fingerprint density at radius 2 is 1.71 bits per heavy atom. The van der Waals surface area contributed by atoms with Crippen LogP contribution in [0.5, 0.6) is 0 Å². The molecule has 0 aliphatic carbocycles. The van der Waals surface area contributed by atoms with Crippen LogP contribution in [-0.4, -0.2) is 33.2 Å². The van der Waals surface area contributed by atoms with E-state index in [4.69, 9.17) is 4.98 Å². The molecule has 0 atom stereocenters. The summed E-state index contributed by atoms with van der Waals surface area (Å²) < 4.78 is 0. The quantitative estimate of drug-likeness (QED) is 0.866. The van der Waals surface area contributed by atoms with Gasteiger partial charge in [0.05, 0.1) is 23.0 Å². The van der Waals surface area contributed by atoms with Gasteiger partial charge in [0.25, 0.3) is 0 Å². The summed E-state index contributed by atoms with van der Waals surface area (Å²) in [6.07, 6.45) is 0. The van der Waals surface area contributed by atoms with Crippen LogP contribution in [0.2, 0.25) is 0 Å². The van der Waals surface area contributed by atoms with Crippen LogP contribution in [0.1, 0.15) is 11.1 Å². The molecular formula is C17H20N4. The summed E-state index contributed by atoms with van der Waals surface area (Å²) >= 11 is 0. The smallest absolute Gasteiger partial charge is 0.152 e. The highest BCUT2D eigenvalue weighted by Gasteiger charge is 2.13. The van der Waals surface area contributed by atoms with E-state index in [-0.39, 0.29) is 0 Å². The average Bonchev–Trinajstić information content (AvgIpc) is 2.46. The van der Waals surface area contributed by atoms with Crippen molar-refractivity contribution in [3.05, 3.63) is 41.5 Å². The van der Waals surface area contributed by atoms with E-state index in [2.05, 4.69) is 6.07 Å². The lowest BCUT2D eigenvalue weighted by molar-refractivity contribution is 1.03. The zero-order valence-corrected chi connectivity index (χ0v) is 13.2. The van der Waals surface area contributed by atoms with Crippen molar-refractivity contribution in [1.82, 2.24) is 4.98 Å². The Balaban J connectivity index is 2.64. The molecule has 1 aromatic heterocycles. The normalized spacial score (nSPS) is 10.1. The summed E-state index contributed by atoms with van der Waals surface area (Å²) in [4.78, 5) is 8.77. The highest BCUT2D eigenvalue weighted by atomic mass is 15.2. The minimum Gasteiger partial charge on any atom is -0.375 e. The van der Waals surface area contributed by atoms with Gasteiger partial charge in [-0.1, -0.05) is 11.6 Å². The number of aromatic nitrogens is 1. The van der Waals surface area contributed by atoms with Crippen molar-refractivity contribution in [2.75, 3.05) is 38.0 Å². The van der Waals surface area contributed by atoms with Crippen molar-refractivity contribution < 1.29 is 0 Å². The third-order valence-corrected chi connectivity index (χ3v) is 3.33. The zero-order valence-electron chi connectivity index (χ0n) is 13.2. The molecular weight excluding hydrogens is 260 g/mol. The number of anilines is 2. The van der Waals surface area contributed by atoms with E-state index in [1.165, 1.54) is 0 Å². The first-order valence-electron chi connectivity index (χ1n) is 6.81. The van der Waals surface area contributed by atoms with Crippen molar-refractivity contribution in [2.45, 2.75) is 6.92 Å². The predicted octanol–water partition coefficient (Wildman–Crippen LogP) is 3.06. The molecule has 2 rings (SSSR count). The number of benzene rings is 1. The molecule has 0 aliphatic rings. The molecule has 21 heavy (non-hydrogen) atoms. The predicted molar refractivity (Wildman–Crippen MR) is 87.8 cm³/mol. The monoisotopic (exact) mass is 280 g/mol. The van der Waals surface area contributed by atoms with E-state index in [1.54, 1.807) is 0 Å². The lowest BCUT2D eigenvalue weighted by Crippen LogP contribution is -2.18.